The second kappa shape index (κ2) is 9.32. The first-order chi connectivity index (χ1) is 10.6. The Bertz CT molecular complexity index is 679. The maximum atomic E-state index is 13.6. The molecule has 1 fully saturated rings. The largest absolute Gasteiger partial charge is 0.349 e. The number of nitrogens with zero attached hydrogens (tertiary/aromatic N) is 1. The number of nitrogens with two attached hydrogens (primary N) is 1. The third-order valence-corrected chi connectivity index (χ3v) is 4.66. The van der Waals surface area contributed by atoms with Crippen molar-refractivity contribution in [1.82, 2.24) is 10.3 Å². The predicted octanol–water partition coefficient (Wildman–Crippen LogP) is 3.18. The Morgan fingerprint density at radius 3 is 2.75 bits per heavy atom. The Labute approximate surface area is 156 Å². The van der Waals surface area contributed by atoms with E-state index in [9.17, 15) is 9.18 Å². The van der Waals surface area contributed by atoms with E-state index in [1.54, 1.807) is 23.6 Å². The van der Waals surface area contributed by atoms with Crippen molar-refractivity contribution in [2.45, 2.75) is 25.3 Å². The molecule has 0 aliphatic heterocycles. The van der Waals surface area contributed by atoms with E-state index >= 15 is 0 Å². The van der Waals surface area contributed by atoms with Crippen molar-refractivity contribution in [1.29, 1.82) is 0 Å². The number of nitrogens with one attached hydrogen (secondary N) is 1. The number of benzene rings is 1. The van der Waals surface area contributed by atoms with Gasteiger partial charge >= 0.3 is 0 Å². The van der Waals surface area contributed by atoms with E-state index in [1.807, 2.05) is 0 Å². The monoisotopic (exact) mass is 391 g/mol. The number of carbonyl (C=O) groups is 1. The summed E-state index contributed by atoms with van der Waals surface area (Å²) in [5.74, 6) is 0.0820. The van der Waals surface area contributed by atoms with Crippen LogP contribution in [0.25, 0.3) is 0 Å². The molecule has 0 spiro atoms. The van der Waals surface area contributed by atoms with Gasteiger partial charge in [0.25, 0.3) is 5.91 Å². The number of hydrogen-bond donors (Lipinski definition) is 2. The van der Waals surface area contributed by atoms with E-state index in [0.29, 0.717) is 30.1 Å². The Balaban J connectivity index is 0.00000144. The molecule has 1 aliphatic rings. The van der Waals surface area contributed by atoms with Gasteiger partial charge in [-0.25, -0.2) is 9.37 Å². The highest BCUT2D eigenvalue weighted by molar-refractivity contribution is 7.09. The highest BCUT2D eigenvalue weighted by Crippen LogP contribution is 2.31. The van der Waals surface area contributed by atoms with Crippen molar-refractivity contribution in [2.24, 2.45) is 11.7 Å². The SMILES string of the molecule is Cl.Cl.NC(CNC(=O)c1csc(Cc2ccccc2F)n1)C1CC1. The third-order valence-electron chi connectivity index (χ3n) is 3.81. The summed E-state index contributed by atoms with van der Waals surface area (Å²) in [4.78, 5) is 16.3. The lowest BCUT2D eigenvalue weighted by Crippen LogP contribution is -2.38. The molecule has 1 aromatic carbocycles. The summed E-state index contributed by atoms with van der Waals surface area (Å²) in [6.07, 6.45) is 2.70. The van der Waals surface area contributed by atoms with Crippen LogP contribution in [0, 0.1) is 11.7 Å². The zero-order chi connectivity index (χ0) is 15.5. The van der Waals surface area contributed by atoms with Gasteiger partial charge in [0.15, 0.2) is 0 Å². The van der Waals surface area contributed by atoms with Crippen LogP contribution in [0.3, 0.4) is 0 Å². The van der Waals surface area contributed by atoms with Gasteiger partial charge in [0, 0.05) is 24.4 Å². The Hall–Kier alpha value is -1.21. The van der Waals surface area contributed by atoms with Crippen molar-refractivity contribution in [3.8, 4) is 0 Å². The van der Waals surface area contributed by atoms with E-state index < -0.39 is 0 Å². The number of carbonyl (C=O) groups excluding carboxylic acids is 1. The van der Waals surface area contributed by atoms with Crippen molar-refractivity contribution in [3.05, 3.63) is 51.7 Å². The molecule has 1 atom stereocenters. The molecule has 4 nitrogen and oxygen atoms in total. The minimum Gasteiger partial charge on any atom is -0.349 e. The molecule has 1 saturated carbocycles. The van der Waals surface area contributed by atoms with Gasteiger partial charge in [-0.15, -0.1) is 36.2 Å². The normalized spacial score (nSPS) is 14.2. The van der Waals surface area contributed by atoms with Crippen LogP contribution in [0.15, 0.2) is 29.6 Å². The lowest BCUT2D eigenvalue weighted by atomic mass is 10.1. The first-order valence-corrected chi connectivity index (χ1v) is 8.23. The van der Waals surface area contributed by atoms with Crippen molar-refractivity contribution in [2.75, 3.05) is 6.54 Å². The van der Waals surface area contributed by atoms with Crippen LogP contribution < -0.4 is 11.1 Å². The fourth-order valence-electron chi connectivity index (χ4n) is 2.29. The second-order valence-corrected chi connectivity index (χ2v) is 6.55. The third kappa shape index (κ3) is 5.41. The summed E-state index contributed by atoms with van der Waals surface area (Å²) < 4.78 is 13.6. The maximum Gasteiger partial charge on any atom is 0.270 e. The van der Waals surface area contributed by atoms with Gasteiger partial charge in [0.2, 0.25) is 0 Å². The van der Waals surface area contributed by atoms with Crippen LogP contribution >= 0.6 is 36.2 Å². The van der Waals surface area contributed by atoms with Gasteiger partial charge < -0.3 is 11.1 Å². The number of amides is 1. The van der Waals surface area contributed by atoms with Crippen LogP contribution in [-0.2, 0) is 6.42 Å². The van der Waals surface area contributed by atoms with Crippen molar-refractivity contribution in [3.63, 3.8) is 0 Å². The summed E-state index contributed by atoms with van der Waals surface area (Å²) in [5, 5.41) is 5.24. The lowest BCUT2D eigenvalue weighted by Gasteiger charge is -2.10. The summed E-state index contributed by atoms with van der Waals surface area (Å²) in [5.41, 5.74) is 6.91. The van der Waals surface area contributed by atoms with Gasteiger partial charge in [-0.1, -0.05) is 18.2 Å². The van der Waals surface area contributed by atoms with Crippen LogP contribution in [0.1, 0.15) is 33.9 Å². The van der Waals surface area contributed by atoms with Gasteiger partial charge in [-0.3, -0.25) is 4.79 Å². The fraction of sp³-hybridized carbons (Fsp3) is 0.375. The molecule has 0 radical (unpaired) electrons. The molecular weight excluding hydrogens is 372 g/mol. The molecule has 24 heavy (non-hydrogen) atoms. The van der Waals surface area contributed by atoms with Gasteiger partial charge in [0.1, 0.15) is 11.5 Å². The number of aromatic nitrogens is 1. The van der Waals surface area contributed by atoms with Crippen LogP contribution in [0.4, 0.5) is 4.39 Å². The summed E-state index contributed by atoms with van der Waals surface area (Å²) in [6.45, 7) is 0.476. The molecule has 0 bridgehead atoms. The summed E-state index contributed by atoms with van der Waals surface area (Å²) in [7, 11) is 0. The molecule has 2 aromatic rings. The molecular formula is C16H20Cl2FN3OS. The number of thiazole rings is 1. The van der Waals surface area contributed by atoms with E-state index in [2.05, 4.69) is 10.3 Å². The standard InChI is InChI=1S/C16H18FN3OS.2ClH/c17-12-4-2-1-3-11(12)7-15-20-14(9-22-15)16(21)19-8-13(18)10-5-6-10;;/h1-4,9-10,13H,5-8,18H2,(H,19,21);2*1H. The van der Waals surface area contributed by atoms with Gasteiger partial charge in [0.05, 0.1) is 5.01 Å². The Morgan fingerprint density at radius 1 is 1.38 bits per heavy atom. The average Bonchev–Trinajstić information content (AvgIpc) is 3.26. The predicted molar refractivity (Wildman–Crippen MR) is 98.8 cm³/mol. The zero-order valence-electron chi connectivity index (χ0n) is 12.9. The quantitative estimate of drug-likeness (QED) is 0.794. The molecule has 8 heteroatoms. The second-order valence-electron chi connectivity index (χ2n) is 5.61. The topological polar surface area (TPSA) is 68.0 Å². The molecule has 3 rings (SSSR count). The Morgan fingerprint density at radius 2 is 2.08 bits per heavy atom. The van der Waals surface area contributed by atoms with E-state index in [4.69, 9.17) is 5.73 Å². The fourth-order valence-corrected chi connectivity index (χ4v) is 3.09. The van der Waals surface area contributed by atoms with Crippen LogP contribution in [0.5, 0.6) is 0 Å². The van der Waals surface area contributed by atoms with Crippen LogP contribution in [0.2, 0.25) is 0 Å². The van der Waals surface area contributed by atoms with Crippen molar-refractivity contribution >= 4 is 42.1 Å². The van der Waals surface area contributed by atoms with Crippen molar-refractivity contribution < 1.29 is 9.18 Å². The first-order valence-electron chi connectivity index (χ1n) is 7.35. The number of hydrogen-bond acceptors (Lipinski definition) is 4. The number of rotatable bonds is 6. The molecule has 3 N–H and O–H groups in total. The molecule has 1 aromatic heterocycles. The molecule has 1 amide bonds. The molecule has 0 saturated heterocycles. The van der Waals surface area contributed by atoms with E-state index in [0.717, 1.165) is 17.8 Å². The lowest BCUT2D eigenvalue weighted by molar-refractivity contribution is 0.0946. The zero-order valence-corrected chi connectivity index (χ0v) is 15.4. The maximum absolute atomic E-state index is 13.6. The van der Waals surface area contributed by atoms with E-state index in [1.165, 1.54) is 17.4 Å². The summed E-state index contributed by atoms with van der Waals surface area (Å²) in [6, 6.07) is 6.63. The highest BCUT2D eigenvalue weighted by Gasteiger charge is 2.28. The van der Waals surface area contributed by atoms with Gasteiger partial charge in [-0.05, 0) is 30.4 Å². The molecule has 1 aliphatic carbocycles. The smallest absolute Gasteiger partial charge is 0.270 e. The first kappa shape index (κ1) is 20.8. The minimum absolute atomic E-state index is 0. The van der Waals surface area contributed by atoms with Crippen LogP contribution in [-0.4, -0.2) is 23.5 Å². The Kier molecular flexibility index (Phi) is 8.09. The van der Waals surface area contributed by atoms with Gasteiger partial charge in [-0.2, -0.15) is 0 Å². The molecule has 1 unspecified atom stereocenters. The van der Waals surface area contributed by atoms with E-state index in [-0.39, 0.29) is 42.6 Å². The molecule has 132 valence electrons. The highest BCUT2D eigenvalue weighted by atomic mass is 35.5. The average molecular weight is 392 g/mol. The number of halogens is 3. The minimum atomic E-state index is -0.251. The molecule has 1 heterocycles. The summed E-state index contributed by atoms with van der Waals surface area (Å²) >= 11 is 1.36.